The van der Waals surface area contributed by atoms with Crippen molar-refractivity contribution in [2.45, 2.75) is 19.0 Å². The molecule has 5 heteroatoms. The molecule has 0 amide bonds. The van der Waals surface area contributed by atoms with E-state index in [0.717, 1.165) is 0 Å². The lowest BCUT2D eigenvalue weighted by atomic mass is 10.3. The average molecular weight is 141 g/mol. The first-order valence-electron chi connectivity index (χ1n) is 2.18. The number of carbonyl (C=O) groups excluding carboxylic acids is 1. The molecule has 53 valence electrons. The highest BCUT2D eigenvalue weighted by Gasteiger charge is 2.27. The highest BCUT2D eigenvalue weighted by molar-refractivity contribution is 5.66. The number of carbonyl (C=O) groups is 1. The van der Waals surface area contributed by atoms with E-state index in [1.165, 1.54) is 0 Å². The van der Waals surface area contributed by atoms with Gasteiger partial charge in [0.05, 0.1) is 12.8 Å². The van der Waals surface area contributed by atoms with Gasteiger partial charge in [-0.2, -0.15) is 13.2 Å². The van der Waals surface area contributed by atoms with Crippen LogP contribution in [0.4, 0.5) is 13.2 Å². The minimum atomic E-state index is -4.39. The van der Waals surface area contributed by atoms with Gasteiger partial charge in [-0.15, -0.1) is 0 Å². The van der Waals surface area contributed by atoms with Crippen LogP contribution in [-0.4, -0.2) is 12.1 Å². The Hall–Kier alpha value is -0.740. The molecule has 0 aliphatic carbocycles. The fraction of sp³-hybridized carbons (Fsp3) is 0.750. The summed E-state index contributed by atoms with van der Waals surface area (Å²) in [5.74, 6) is -1.67. The monoisotopic (exact) mass is 141 g/mol. The summed E-state index contributed by atoms with van der Waals surface area (Å²) in [6.45, 7) is 0. The van der Waals surface area contributed by atoms with Crippen molar-refractivity contribution in [3.63, 3.8) is 0 Å². The lowest BCUT2D eigenvalue weighted by Crippen LogP contribution is -2.09. The number of alkyl halides is 3. The van der Waals surface area contributed by atoms with Crippen molar-refractivity contribution >= 4 is 5.97 Å². The van der Waals surface area contributed by atoms with Gasteiger partial charge < -0.3 is 0 Å². The van der Waals surface area contributed by atoms with Gasteiger partial charge in [-0.25, -0.2) is 9.90 Å². The fourth-order valence-corrected chi connectivity index (χ4v) is 0.244. The van der Waals surface area contributed by atoms with Crippen molar-refractivity contribution in [1.29, 1.82) is 0 Å². The van der Waals surface area contributed by atoms with Gasteiger partial charge in [0.25, 0.3) is 0 Å². The second kappa shape index (κ2) is 2.70. The second-order valence-electron chi connectivity index (χ2n) is 1.49. The van der Waals surface area contributed by atoms with Crippen LogP contribution in [0.5, 0.6) is 0 Å². The van der Waals surface area contributed by atoms with Gasteiger partial charge in [-0.3, -0.25) is 0 Å². The molecule has 0 unspecified atom stereocenters. The maximum Gasteiger partial charge on any atom is 0.389 e. The van der Waals surface area contributed by atoms with Gasteiger partial charge in [-0.05, 0) is 0 Å². The van der Waals surface area contributed by atoms with Gasteiger partial charge in [0.15, 0.2) is 0 Å². The van der Waals surface area contributed by atoms with E-state index in [2.05, 4.69) is 0 Å². The molecule has 9 heavy (non-hydrogen) atoms. The Morgan fingerprint density at radius 3 is 1.89 bits per heavy atom. The highest BCUT2D eigenvalue weighted by Crippen LogP contribution is 2.20. The van der Waals surface area contributed by atoms with E-state index in [9.17, 15) is 23.1 Å². The molecule has 0 saturated heterocycles. The van der Waals surface area contributed by atoms with Crippen molar-refractivity contribution < 1.29 is 23.1 Å². The second-order valence-corrected chi connectivity index (χ2v) is 1.49. The third-order valence-corrected chi connectivity index (χ3v) is 0.613. The van der Waals surface area contributed by atoms with Crippen LogP contribution in [0, 0.1) is 0 Å². The molecule has 0 N–H and O–H groups in total. The molecule has 0 saturated carbocycles. The van der Waals surface area contributed by atoms with Crippen molar-refractivity contribution in [3.8, 4) is 0 Å². The molecule has 2 nitrogen and oxygen atoms in total. The maximum absolute atomic E-state index is 11.1. The van der Waals surface area contributed by atoms with E-state index in [-0.39, 0.29) is 0 Å². The standard InChI is InChI=1S/C4H4F3O2/c5-4(6,7)2-1-3(8)9/h1-2H2. The molecule has 0 spiro atoms. The Morgan fingerprint density at radius 1 is 1.33 bits per heavy atom. The largest absolute Gasteiger partial charge is 0.389 e. The third-order valence-electron chi connectivity index (χ3n) is 0.613. The van der Waals surface area contributed by atoms with Crippen molar-refractivity contribution in [1.82, 2.24) is 0 Å². The minimum Gasteiger partial charge on any atom is -0.247 e. The summed E-state index contributed by atoms with van der Waals surface area (Å²) >= 11 is 0. The molecule has 0 aromatic carbocycles. The van der Waals surface area contributed by atoms with Crippen LogP contribution in [0.1, 0.15) is 12.8 Å². The van der Waals surface area contributed by atoms with Gasteiger partial charge >= 0.3 is 12.1 Å². The van der Waals surface area contributed by atoms with Crippen LogP contribution in [0.2, 0.25) is 0 Å². The Morgan fingerprint density at radius 2 is 1.78 bits per heavy atom. The number of halogens is 3. The molecule has 0 rings (SSSR count). The van der Waals surface area contributed by atoms with E-state index in [1.54, 1.807) is 0 Å². The molecule has 0 aromatic rings. The summed E-state index contributed by atoms with van der Waals surface area (Å²) in [5.41, 5.74) is 0. The Labute approximate surface area is 49.3 Å². The lowest BCUT2D eigenvalue weighted by Gasteiger charge is -2.00. The number of rotatable bonds is 2. The van der Waals surface area contributed by atoms with Crippen LogP contribution < -0.4 is 0 Å². The minimum absolute atomic E-state index is 0.955. The molecule has 1 radical (unpaired) electrons. The van der Waals surface area contributed by atoms with E-state index in [1.807, 2.05) is 0 Å². The van der Waals surface area contributed by atoms with Crippen LogP contribution in [-0.2, 0) is 9.90 Å². The quantitative estimate of drug-likeness (QED) is 0.570. The number of hydrogen-bond acceptors (Lipinski definition) is 1. The predicted molar refractivity (Wildman–Crippen MR) is 21.0 cm³/mol. The topological polar surface area (TPSA) is 37.0 Å². The zero-order chi connectivity index (χ0) is 7.49. The zero-order valence-electron chi connectivity index (χ0n) is 4.36. The highest BCUT2D eigenvalue weighted by atomic mass is 19.4. The van der Waals surface area contributed by atoms with Crippen molar-refractivity contribution in [3.05, 3.63) is 0 Å². The third kappa shape index (κ3) is 7.26. The Bertz CT molecular complexity index is 107. The van der Waals surface area contributed by atoms with Crippen molar-refractivity contribution in [2.24, 2.45) is 0 Å². The molecule has 0 aliphatic heterocycles. The van der Waals surface area contributed by atoms with Gasteiger partial charge in [0.1, 0.15) is 0 Å². The summed E-state index contributed by atoms with van der Waals surface area (Å²) in [6, 6.07) is 0. The summed E-state index contributed by atoms with van der Waals surface area (Å²) in [6.07, 6.45) is -6.65. The van der Waals surface area contributed by atoms with E-state index in [0.29, 0.717) is 0 Å². The van der Waals surface area contributed by atoms with Crippen LogP contribution in [0.25, 0.3) is 0 Å². The van der Waals surface area contributed by atoms with Crippen LogP contribution in [0.3, 0.4) is 0 Å². The molecule has 0 heterocycles. The fourth-order valence-electron chi connectivity index (χ4n) is 0.244. The van der Waals surface area contributed by atoms with Gasteiger partial charge in [0, 0.05) is 0 Å². The molecule has 0 fully saturated rings. The molecule has 0 aliphatic rings. The van der Waals surface area contributed by atoms with Gasteiger partial charge in [0.2, 0.25) is 0 Å². The van der Waals surface area contributed by atoms with Crippen LogP contribution in [0.15, 0.2) is 0 Å². The van der Waals surface area contributed by atoms with E-state index < -0.39 is 25.0 Å². The first-order valence-corrected chi connectivity index (χ1v) is 2.18. The summed E-state index contributed by atoms with van der Waals surface area (Å²) in [5, 5.41) is 9.43. The summed E-state index contributed by atoms with van der Waals surface area (Å²) in [7, 11) is 0. The molecular formula is C4H4F3O2. The first kappa shape index (κ1) is 8.26. The Balaban J connectivity index is 3.39. The van der Waals surface area contributed by atoms with E-state index >= 15 is 0 Å². The molecular weight excluding hydrogens is 137 g/mol. The summed E-state index contributed by atoms with van der Waals surface area (Å²) in [4.78, 5) is 9.43. The predicted octanol–water partition coefficient (Wildman–Crippen LogP) is 1.29. The smallest absolute Gasteiger partial charge is 0.247 e. The number of hydrogen-bond donors (Lipinski definition) is 0. The van der Waals surface area contributed by atoms with Gasteiger partial charge in [-0.1, -0.05) is 0 Å². The molecule has 0 aromatic heterocycles. The Kier molecular flexibility index (Phi) is 2.48. The van der Waals surface area contributed by atoms with Crippen molar-refractivity contribution in [2.75, 3.05) is 0 Å². The zero-order valence-corrected chi connectivity index (χ0v) is 4.36. The lowest BCUT2D eigenvalue weighted by molar-refractivity contribution is -0.157. The average Bonchev–Trinajstić information content (AvgIpc) is 1.59. The SMILES string of the molecule is [O]C(=O)CCC(F)(F)F. The molecule has 0 atom stereocenters. The normalized spacial score (nSPS) is 11.4. The maximum atomic E-state index is 11.1. The first-order chi connectivity index (χ1) is 3.92. The van der Waals surface area contributed by atoms with Crippen LogP contribution >= 0.6 is 0 Å². The summed E-state index contributed by atoms with van der Waals surface area (Å²) < 4.78 is 33.4. The molecule has 0 bridgehead atoms. The van der Waals surface area contributed by atoms with E-state index in [4.69, 9.17) is 0 Å².